The van der Waals surface area contributed by atoms with Crippen molar-refractivity contribution in [2.75, 3.05) is 0 Å². The molecule has 0 spiro atoms. The van der Waals surface area contributed by atoms with E-state index in [1.807, 2.05) is 0 Å². The average Bonchev–Trinajstić information content (AvgIpc) is 1.96. The average molecular weight is 198 g/mol. The molecule has 1 N–H and O–H groups in total. The Morgan fingerprint density at radius 1 is 1.50 bits per heavy atom. The number of halogens is 4. The van der Waals surface area contributed by atoms with Crippen LogP contribution < -0.4 is 0 Å². The van der Waals surface area contributed by atoms with Crippen LogP contribution >= 0.6 is 11.6 Å². The highest BCUT2D eigenvalue weighted by Gasteiger charge is 2.17. The van der Waals surface area contributed by atoms with Crippen molar-refractivity contribution in [2.24, 2.45) is 0 Å². The number of rotatable bonds is 1. The summed E-state index contributed by atoms with van der Waals surface area (Å²) in [5.41, 5.74) is -1.06. The summed E-state index contributed by atoms with van der Waals surface area (Å²) in [4.78, 5) is 2.96. The lowest BCUT2D eigenvalue weighted by Crippen LogP contribution is -1.95. The molecule has 0 aromatic carbocycles. The van der Waals surface area contributed by atoms with E-state index in [1.165, 1.54) is 0 Å². The quantitative estimate of drug-likeness (QED) is 0.702. The fraction of sp³-hybridized carbons (Fsp3) is 0.167. The first-order valence-electron chi connectivity index (χ1n) is 2.85. The summed E-state index contributed by atoms with van der Waals surface area (Å²) in [7, 11) is 0. The first-order valence-corrected chi connectivity index (χ1v) is 3.23. The van der Waals surface area contributed by atoms with E-state index in [0.717, 1.165) is 0 Å². The monoisotopic (exact) mass is 197 g/mol. The third-order valence-corrected chi connectivity index (χ3v) is 1.42. The van der Waals surface area contributed by atoms with E-state index in [9.17, 15) is 13.2 Å². The summed E-state index contributed by atoms with van der Waals surface area (Å²) < 4.78 is 36.3. The van der Waals surface area contributed by atoms with Crippen molar-refractivity contribution in [1.82, 2.24) is 4.98 Å². The molecule has 66 valence electrons. The van der Waals surface area contributed by atoms with E-state index < -0.39 is 28.8 Å². The van der Waals surface area contributed by atoms with Gasteiger partial charge >= 0.3 is 0 Å². The molecule has 0 fully saturated rings. The molecule has 1 aromatic rings. The van der Waals surface area contributed by atoms with Crippen LogP contribution in [0, 0.1) is 5.82 Å². The first kappa shape index (κ1) is 9.12. The van der Waals surface area contributed by atoms with Gasteiger partial charge in [0.05, 0.1) is 0 Å². The predicted octanol–water partition coefficient (Wildman–Crippen LogP) is 2.52. The van der Waals surface area contributed by atoms with Gasteiger partial charge in [-0.05, 0) is 0 Å². The Bertz CT molecular complexity index is 305. The van der Waals surface area contributed by atoms with E-state index in [1.54, 1.807) is 0 Å². The highest BCUT2D eigenvalue weighted by Crippen LogP contribution is 2.27. The second-order valence-corrected chi connectivity index (χ2v) is 2.32. The number of aromatic hydroxyl groups is 1. The van der Waals surface area contributed by atoms with Crippen LogP contribution in [-0.4, -0.2) is 10.1 Å². The van der Waals surface area contributed by atoms with Crippen LogP contribution in [-0.2, 0) is 0 Å². The molecule has 0 aliphatic heterocycles. The van der Waals surface area contributed by atoms with Gasteiger partial charge in [0.25, 0.3) is 6.43 Å². The number of nitrogens with zero attached hydrogens (tertiary/aromatic N) is 1. The summed E-state index contributed by atoms with van der Waals surface area (Å²) in [6.07, 6.45) is -3.04. The number of aromatic nitrogens is 1. The molecule has 0 saturated heterocycles. The van der Waals surface area contributed by atoms with E-state index >= 15 is 0 Å². The minimum atomic E-state index is -3.04. The zero-order chi connectivity index (χ0) is 9.30. The van der Waals surface area contributed by atoms with Crippen LogP contribution in [0.3, 0.4) is 0 Å². The summed E-state index contributed by atoms with van der Waals surface area (Å²) in [6, 6.07) is 0.497. The predicted molar refractivity (Wildman–Crippen MR) is 35.8 cm³/mol. The number of hydrogen-bond acceptors (Lipinski definition) is 2. The highest BCUT2D eigenvalue weighted by molar-refractivity contribution is 6.30. The molecular formula is C6H3ClF3NO. The molecule has 1 rings (SSSR count). The molecule has 0 unspecified atom stereocenters. The second-order valence-electron chi connectivity index (χ2n) is 1.97. The van der Waals surface area contributed by atoms with Gasteiger partial charge in [-0.3, -0.25) is 0 Å². The topological polar surface area (TPSA) is 33.1 Å². The van der Waals surface area contributed by atoms with Crippen molar-refractivity contribution in [2.45, 2.75) is 6.43 Å². The lowest BCUT2D eigenvalue weighted by molar-refractivity contribution is 0.140. The molecule has 0 aliphatic carbocycles. The Morgan fingerprint density at radius 3 is 2.58 bits per heavy atom. The minimum absolute atomic E-state index is 0.497. The maximum Gasteiger partial charge on any atom is 0.283 e. The lowest BCUT2D eigenvalue weighted by Gasteiger charge is -2.02. The maximum atomic E-state index is 12.5. The Kier molecular flexibility index (Phi) is 2.42. The van der Waals surface area contributed by atoms with Gasteiger partial charge in [-0.25, -0.2) is 18.2 Å². The SMILES string of the molecule is Oc1cc(F)c(C(F)F)nc1Cl. The van der Waals surface area contributed by atoms with Crippen molar-refractivity contribution in [3.63, 3.8) is 0 Å². The second kappa shape index (κ2) is 3.18. The van der Waals surface area contributed by atoms with Crippen molar-refractivity contribution in [3.05, 3.63) is 22.7 Å². The molecule has 0 saturated carbocycles. The third-order valence-electron chi connectivity index (χ3n) is 1.14. The van der Waals surface area contributed by atoms with Crippen LogP contribution in [0.2, 0.25) is 5.15 Å². The molecule has 0 amide bonds. The molecule has 1 aromatic heterocycles. The van der Waals surface area contributed by atoms with Gasteiger partial charge in [0.15, 0.2) is 16.7 Å². The van der Waals surface area contributed by atoms with Gasteiger partial charge in [0.2, 0.25) is 0 Å². The zero-order valence-corrected chi connectivity index (χ0v) is 6.32. The summed E-state index contributed by atoms with van der Waals surface area (Å²) in [5, 5.41) is 8.19. The molecule has 0 atom stereocenters. The van der Waals surface area contributed by atoms with Crippen LogP contribution in [0.5, 0.6) is 5.75 Å². The summed E-state index contributed by atoms with van der Waals surface area (Å²) in [6.45, 7) is 0. The van der Waals surface area contributed by atoms with Crippen LogP contribution in [0.4, 0.5) is 13.2 Å². The van der Waals surface area contributed by atoms with Crippen LogP contribution in [0.1, 0.15) is 12.1 Å². The Hall–Kier alpha value is -0.970. The van der Waals surface area contributed by atoms with Gasteiger partial charge < -0.3 is 5.11 Å². The van der Waals surface area contributed by atoms with Crippen molar-refractivity contribution in [1.29, 1.82) is 0 Å². The summed E-state index contributed by atoms with van der Waals surface area (Å²) >= 11 is 5.17. The largest absolute Gasteiger partial charge is 0.505 e. The van der Waals surface area contributed by atoms with Crippen LogP contribution in [0.15, 0.2) is 6.07 Å². The van der Waals surface area contributed by atoms with E-state index in [-0.39, 0.29) is 0 Å². The molecule has 2 nitrogen and oxygen atoms in total. The van der Waals surface area contributed by atoms with Crippen molar-refractivity contribution in [3.8, 4) is 5.75 Å². The van der Waals surface area contributed by atoms with Gasteiger partial charge in [0, 0.05) is 6.07 Å². The highest BCUT2D eigenvalue weighted by atomic mass is 35.5. The minimum Gasteiger partial charge on any atom is -0.505 e. The Labute approximate surface area is 70.6 Å². The molecule has 0 aliphatic rings. The summed E-state index contributed by atoms with van der Waals surface area (Å²) in [5.74, 6) is -1.93. The molecular weight excluding hydrogens is 195 g/mol. The third kappa shape index (κ3) is 1.61. The fourth-order valence-electron chi connectivity index (χ4n) is 0.623. The van der Waals surface area contributed by atoms with Crippen LogP contribution in [0.25, 0.3) is 0 Å². The molecule has 6 heteroatoms. The van der Waals surface area contributed by atoms with Gasteiger partial charge in [0.1, 0.15) is 5.69 Å². The van der Waals surface area contributed by atoms with Crippen molar-refractivity contribution < 1.29 is 18.3 Å². The molecule has 0 radical (unpaired) electrons. The Morgan fingerprint density at radius 2 is 2.08 bits per heavy atom. The van der Waals surface area contributed by atoms with Crippen molar-refractivity contribution >= 4 is 11.6 Å². The van der Waals surface area contributed by atoms with E-state index in [4.69, 9.17) is 16.7 Å². The number of alkyl halides is 2. The zero-order valence-electron chi connectivity index (χ0n) is 5.56. The molecule has 12 heavy (non-hydrogen) atoms. The molecule has 0 bridgehead atoms. The number of hydrogen-bond donors (Lipinski definition) is 1. The Balaban J connectivity index is 3.23. The van der Waals surface area contributed by atoms with E-state index in [0.29, 0.717) is 6.07 Å². The molecule has 1 heterocycles. The first-order chi connectivity index (χ1) is 5.52. The fourth-order valence-corrected chi connectivity index (χ4v) is 0.769. The van der Waals surface area contributed by atoms with E-state index in [2.05, 4.69) is 4.98 Å². The van der Waals surface area contributed by atoms with Gasteiger partial charge in [-0.2, -0.15) is 0 Å². The van der Waals surface area contributed by atoms with Gasteiger partial charge in [-0.1, -0.05) is 11.6 Å². The smallest absolute Gasteiger partial charge is 0.283 e. The number of pyridine rings is 1. The normalized spacial score (nSPS) is 10.8. The lowest BCUT2D eigenvalue weighted by atomic mass is 10.3. The van der Waals surface area contributed by atoms with Gasteiger partial charge in [-0.15, -0.1) is 0 Å². The maximum absolute atomic E-state index is 12.5. The standard InChI is InChI=1S/C6H3ClF3NO/c7-5-3(12)1-2(8)4(11-5)6(9)10/h1,6,12H.